The molecule has 1 aliphatic rings. The number of rotatable bonds is 3. The number of halogens is 1. The highest BCUT2D eigenvalue weighted by Crippen LogP contribution is 2.31. The molecule has 1 aromatic carbocycles. The van der Waals surface area contributed by atoms with Crippen LogP contribution in [0.25, 0.3) is 10.9 Å². The van der Waals surface area contributed by atoms with Crippen molar-refractivity contribution >= 4 is 10.9 Å². The molecule has 3 rings (SSSR count). The second-order valence-electron chi connectivity index (χ2n) is 5.82. The first-order chi connectivity index (χ1) is 10.1. The van der Waals surface area contributed by atoms with Gasteiger partial charge in [-0.1, -0.05) is 18.2 Å². The van der Waals surface area contributed by atoms with Crippen LogP contribution in [0.15, 0.2) is 24.3 Å². The van der Waals surface area contributed by atoms with Crippen molar-refractivity contribution in [3.8, 4) is 6.07 Å². The smallest absolute Gasteiger partial charge is 0.231 e. The van der Waals surface area contributed by atoms with Gasteiger partial charge in [-0.2, -0.15) is 5.26 Å². The van der Waals surface area contributed by atoms with Crippen molar-refractivity contribution in [3.63, 3.8) is 0 Å². The molecule has 2 atom stereocenters. The molecule has 0 spiro atoms. The number of fused-ring (bicyclic) bond motifs is 3. The zero-order chi connectivity index (χ0) is 15.0. The van der Waals surface area contributed by atoms with Gasteiger partial charge in [0.05, 0.1) is 6.61 Å². The molecule has 0 amide bonds. The fourth-order valence-electron chi connectivity index (χ4n) is 3.06. The molecule has 0 fully saturated rings. The number of aromatic nitrogens is 1. The van der Waals surface area contributed by atoms with Crippen molar-refractivity contribution < 1.29 is 9.50 Å². The number of hydrogen-bond donors (Lipinski definition) is 2. The predicted octanol–water partition coefficient (Wildman–Crippen LogP) is 2.14. The van der Waals surface area contributed by atoms with E-state index in [0.717, 1.165) is 17.6 Å². The van der Waals surface area contributed by atoms with E-state index in [-0.39, 0.29) is 12.6 Å². The number of aliphatic hydroxyl groups excluding tert-OH is 1. The first-order valence-electron chi connectivity index (χ1n) is 7.10. The molecule has 1 aliphatic heterocycles. The van der Waals surface area contributed by atoms with E-state index in [2.05, 4.69) is 11.1 Å². The Morgan fingerprint density at radius 1 is 1.52 bits per heavy atom. The summed E-state index contributed by atoms with van der Waals surface area (Å²) in [5.74, 6) is 0. The summed E-state index contributed by atoms with van der Waals surface area (Å²) in [5.41, 5.74) is 1.25. The fourth-order valence-corrected chi connectivity index (χ4v) is 3.06. The second kappa shape index (κ2) is 5.14. The van der Waals surface area contributed by atoms with Gasteiger partial charge in [0.15, 0.2) is 0 Å². The average molecular weight is 287 g/mol. The molecule has 2 heterocycles. The molecular formula is C16H18FN3O. The van der Waals surface area contributed by atoms with Gasteiger partial charge in [-0.05, 0) is 25.0 Å². The van der Waals surface area contributed by atoms with E-state index in [1.54, 1.807) is 6.07 Å². The van der Waals surface area contributed by atoms with Crippen LogP contribution in [0.4, 0.5) is 4.39 Å². The predicted molar refractivity (Wildman–Crippen MR) is 78.4 cm³/mol. The summed E-state index contributed by atoms with van der Waals surface area (Å²) in [7, 11) is 0. The Kier molecular flexibility index (Phi) is 3.44. The number of aliphatic hydroxyl groups is 1. The number of nitriles is 1. The number of nitrogens with one attached hydrogen (secondary N) is 1. The second-order valence-corrected chi connectivity index (χ2v) is 5.82. The highest BCUT2D eigenvalue weighted by molar-refractivity contribution is 5.84. The van der Waals surface area contributed by atoms with Gasteiger partial charge in [0.1, 0.15) is 6.07 Å². The van der Waals surface area contributed by atoms with Gasteiger partial charge in [0.25, 0.3) is 0 Å². The van der Waals surface area contributed by atoms with Crippen LogP contribution in [-0.2, 0) is 13.0 Å². The van der Waals surface area contributed by atoms with Crippen LogP contribution in [-0.4, -0.2) is 39.9 Å². The Hall–Kier alpha value is -1.90. The zero-order valence-corrected chi connectivity index (χ0v) is 11.9. The van der Waals surface area contributed by atoms with Gasteiger partial charge >= 0.3 is 0 Å². The first kappa shape index (κ1) is 14.1. The van der Waals surface area contributed by atoms with Crippen LogP contribution in [0.1, 0.15) is 18.2 Å². The van der Waals surface area contributed by atoms with Crippen molar-refractivity contribution in [2.75, 3.05) is 13.2 Å². The van der Waals surface area contributed by atoms with E-state index < -0.39 is 12.3 Å². The minimum Gasteiger partial charge on any atom is -0.392 e. The van der Waals surface area contributed by atoms with Crippen molar-refractivity contribution in [2.24, 2.45) is 0 Å². The van der Waals surface area contributed by atoms with Gasteiger partial charge in [-0.25, -0.2) is 4.39 Å². The maximum absolute atomic E-state index is 14.1. The van der Waals surface area contributed by atoms with E-state index in [4.69, 9.17) is 10.4 Å². The molecular weight excluding hydrogens is 269 g/mol. The fraction of sp³-hybridized carbons (Fsp3) is 0.438. The van der Waals surface area contributed by atoms with E-state index >= 15 is 0 Å². The van der Waals surface area contributed by atoms with Gasteiger partial charge in [-0.3, -0.25) is 4.90 Å². The number of aromatic amines is 1. The number of nitrogens with zero attached hydrogens (tertiary/aromatic N) is 2. The molecule has 2 aromatic rings. The Morgan fingerprint density at radius 3 is 3.00 bits per heavy atom. The number of para-hydroxylation sites is 1. The molecule has 0 aliphatic carbocycles. The largest absolute Gasteiger partial charge is 0.392 e. The molecule has 21 heavy (non-hydrogen) atoms. The lowest BCUT2D eigenvalue weighted by Gasteiger charge is -2.35. The summed E-state index contributed by atoms with van der Waals surface area (Å²) in [6.45, 7) is 1.75. The van der Waals surface area contributed by atoms with Crippen LogP contribution in [0, 0.1) is 11.3 Å². The highest BCUT2D eigenvalue weighted by Gasteiger charge is 2.35. The van der Waals surface area contributed by atoms with Crippen LogP contribution < -0.4 is 0 Å². The van der Waals surface area contributed by atoms with Crippen LogP contribution in [0.3, 0.4) is 0 Å². The molecule has 5 heteroatoms. The number of H-pyrrole nitrogens is 1. The molecule has 110 valence electrons. The molecule has 1 aromatic heterocycles. The summed E-state index contributed by atoms with van der Waals surface area (Å²) in [4.78, 5) is 5.29. The zero-order valence-electron chi connectivity index (χ0n) is 11.9. The highest BCUT2D eigenvalue weighted by atomic mass is 19.1. The summed E-state index contributed by atoms with van der Waals surface area (Å²) in [6.07, 6.45) is 0.812. The standard InChI is InChI=1S/C16H18FN3O/c1-11-6-13-12-4-2-3-5-14(12)19-15(13)7-20(11)9-16(17,8-18)10-21/h2-5,11,19,21H,6-7,9-10H2,1H3. The summed E-state index contributed by atoms with van der Waals surface area (Å²) >= 11 is 0. The van der Waals surface area contributed by atoms with Crippen molar-refractivity contribution in [2.45, 2.75) is 31.6 Å². The molecule has 4 nitrogen and oxygen atoms in total. The third-order valence-corrected chi connectivity index (χ3v) is 4.29. The van der Waals surface area contributed by atoms with Crippen LogP contribution >= 0.6 is 0 Å². The normalized spacial score (nSPS) is 21.7. The van der Waals surface area contributed by atoms with Crippen molar-refractivity contribution in [1.29, 1.82) is 5.26 Å². The van der Waals surface area contributed by atoms with Gasteiger partial charge in [0.2, 0.25) is 5.67 Å². The minimum absolute atomic E-state index is 0.0734. The Morgan fingerprint density at radius 2 is 2.29 bits per heavy atom. The van der Waals surface area contributed by atoms with Crippen LogP contribution in [0.5, 0.6) is 0 Å². The lowest BCUT2D eigenvalue weighted by molar-refractivity contribution is 0.0522. The Labute approximate surface area is 122 Å². The minimum atomic E-state index is -2.20. The quantitative estimate of drug-likeness (QED) is 0.909. The third kappa shape index (κ3) is 2.41. The van der Waals surface area contributed by atoms with E-state index in [0.29, 0.717) is 6.54 Å². The summed E-state index contributed by atoms with van der Waals surface area (Å²) in [5, 5.41) is 19.2. The number of alkyl halides is 1. The van der Waals surface area contributed by atoms with Crippen molar-refractivity contribution in [1.82, 2.24) is 9.88 Å². The lowest BCUT2D eigenvalue weighted by atomic mass is 9.96. The average Bonchev–Trinajstić information content (AvgIpc) is 2.85. The molecule has 2 unspecified atom stereocenters. The van der Waals surface area contributed by atoms with E-state index in [1.165, 1.54) is 10.9 Å². The van der Waals surface area contributed by atoms with Gasteiger partial charge in [0, 0.05) is 35.7 Å². The number of benzene rings is 1. The monoisotopic (exact) mass is 287 g/mol. The number of hydrogen-bond acceptors (Lipinski definition) is 3. The van der Waals surface area contributed by atoms with E-state index in [9.17, 15) is 4.39 Å². The molecule has 0 bridgehead atoms. The van der Waals surface area contributed by atoms with Crippen molar-refractivity contribution in [3.05, 3.63) is 35.5 Å². The Bertz CT molecular complexity index is 705. The first-order valence-corrected chi connectivity index (χ1v) is 7.10. The maximum Gasteiger partial charge on any atom is 0.231 e. The molecule has 0 saturated heterocycles. The molecule has 0 saturated carbocycles. The van der Waals surface area contributed by atoms with Gasteiger partial charge in [-0.15, -0.1) is 0 Å². The lowest BCUT2D eigenvalue weighted by Crippen LogP contribution is -2.47. The summed E-state index contributed by atoms with van der Waals surface area (Å²) in [6, 6.07) is 9.84. The Balaban J connectivity index is 1.91. The topological polar surface area (TPSA) is 63.0 Å². The molecule has 2 N–H and O–H groups in total. The van der Waals surface area contributed by atoms with E-state index in [1.807, 2.05) is 30.0 Å². The SMILES string of the molecule is CC1Cc2c([nH]c3ccccc23)CN1CC(F)(C#N)CO. The maximum atomic E-state index is 14.1. The van der Waals surface area contributed by atoms with Crippen LogP contribution in [0.2, 0.25) is 0 Å². The molecule has 0 radical (unpaired) electrons. The summed E-state index contributed by atoms with van der Waals surface area (Å²) < 4.78 is 14.1. The third-order valence-electron chi connectivity index (χ3n) is 4.29. The van der Waals surface area contributed by atoms with Gasteiger partial charge < -0.3 is 10.1 Å².